The van der Waals surface area contributed by atoms with Crippen molar-refractivity contribution in [2.45, 2.75) is 115 Å². The first-order chi connectivity index (χ1) is 16.8. The molecular weight excluding hydrogens is 517 g/mol. The molecule has 1 fully saturated rings. The number of rotatable bonds is 8. The predicted molar refractivity (Wildman–Crippen MR) is 159 cm³/mol. The molecule has 1 aromatic carbocycles. The van der Waals surface area contributed by atoms with Crippen LogP contribution >= 0.6 is 0 Å². The molecule has 208 valence electrons. The molecule has 0 spiro atoms. The number of benzene rings is 1. The van der Waals surface area contributed by atoms with Crippen molar-refractivity contribution in [1.29, 1.82) is 0 Å². The average molecular weight is 565 g/mol. The van der Waals surface area contributed by atoms with Crippen molar-refractivity contribution in [2.75, 3.05) is 6.61 Å². The maximum Gasteiger partial charge on any atom is 0.347 e. The van der Waals surface area contributed by atoms with E-state index in [0.717, 1.165) is 0 Å². The molecule has 1 saturated carbocycles. The van der Waals surface area contributed by atoms with Crippen molar-refractivity contribution >= 4 is 33.4 Å². The topological polar surface area (TPSA) is 61.8 Å². The summed E-state index contributed by atoms with van der Waals surface area (Å²) in [4.78, 5) is 14.0. The van der Waals surface area contributed by atoms with Gasteiger partial charge in [0.05, 0.1) is 29.6 Å². The molecule has 0 bridgehead atoms. The molecule has 0 amide bonds. The zero-order chi connectivity index (χ0) is 28.4. The summed E-state index contributed by atoms with van der Waals surface area (Å²) in [6, 6.07) is 9.05. The molecule has 0 saturated heterocycles. The number of carbonyl (C=O) groups excluding carboxylic acids is 1. The summed E-state index contributed by atoms with van der Waals surface area (Å²) in [5, 5.41) is 0.0269. The molecule has 1 aliphatic carbocycles. The van der Waals surface area contributed by atoms with Gasteiger partial charge in [0.2, 0.25) is 0 Å². The fourth-order valence-corrected chi connectivity index (χ4v) is 7.72. The zero-order valence-corrected chi connectivity index (χ0v) is 27.6. The highest BCUT2D eigenvalue weighted by Gasteiger charge is 2.45. The lowest BCUT2D eigenvalue weighted by molar-refractivity contribution is -0.137. The molecule has 37 heavy (non-hydrogen) atoms. The molecule has 1 aromatic rings. The second-order valence-electron chi connectivity index (χ2n) is 12.9. The van der Waals surface area contributed by atoms with Crippen LogP contribution in [-0.2, 0) is 29.2 Å². The second-order valence-corrected chi connectivity index (χ2v) is 23.9. The third-order valence-corrected chi connectivity index (χ3v) is 18.6. The van der Waals surface area contributed by atoms with Crippen molar-refractivity contribution in [3.05, 3.63) is 53.0 Å². The molecule has 8 heteroatoms. The lowest BCUT2D eigenvalue weighted by atomic mass is 9.86. The molecular formula is C29H48O5SSi2. The van der Waals surface area contributed by atoms with Crippen LogP contribution in [0.5, 0.6) is 0 Å². The van der Waals surface area contributed by atoms with Gasteiger partial charge in [-0.3, -0.25) is 0 Å². The molecule has 1 aliphatic rings. The molecule has 0 aromatic heterocycles. The van der Waals surface area contributed by atoms with Crippen LogP contribution in [0.25, 0.3) is 0 Å². The highest BCUT2D eigenvalue weighted by molar-refractivity contribution is 7.90. The van der Waals surface area contributed by atoms with Crippen LogP contribution in [0, 0.1) is 0 Å². The Morgan fingerprint density at radius 3 is 1.97 bits per heavy atom. The molecule has 1 unspecified atom stereocenters. The molecule has 0 radical (unpaired) electrons. The third-order valence-electron chi connectivity index (χ3n) is 8.07. The van der Waals surface area contributed by atoms with Crippen molar-refractivity contribution < 1.29 is 22.6 Å². The normalized spacial score (nSPS) is 22.0. The SMILES string of the molecule is C=C1/C(=C(/C(=O)OCC)S(=O)c2ccccc2)C[C@@H](O[Si](C)(C)C(C)(C)C)C[C@@H]1O[Si](C)(C)C(C)(C)C. The Morgan fingerprint density at radius 2 is 1.49 bits per heavy atom. The maximum absolute atomic E-state index is 13.9. The number of hydrogen-bond donors (Lipinski definition) is 0. The van der Waals surface area contributed by atoms with Crippen LogP contribution in [0.3, 0.4) is 0 Å². The van der Waals surface area contributed by atoms with E-state index in [1.807, 2.05) is 18.2 Å². The van der Waals surface area contributed by atoms with Gasteiger partial charge >= 0.3 is 5.97 Å². The number of hydrogen-bond acceptors (Lipinski definition) is 5. The van der Waals surface area contributed by atoms with Crippen molar-refractivity contribution in [3.63, 3.8) is 0 Å². The summed E-state index contributed by atoms with van der Waals surface area (Å²) < 4.78 is 33.0. The average Bonchev–Trinajstić information content (AvgIpc) is 2.75. The van der Waals surface area contributed by atoms with Gasteiger partial charge in [0.25, 0.3) is 0 Å². The fraction of sp³-hybridized carbons (Fsp3) is 0.621. The van der Waals surface area contributed by atoms with E-state index in [0.29, 0.717) is 28.9 Å². The fourth-order valence-electron chi connectivity index (χ4n) is 3.76. The summed E-state index contributed by atoms with van der Waals surface area (Å²) in [6.45, 7) is 28.6. The quantitative estimate of drug-likeness (QED) is 0.184. The first-order valence-corrected chi connectivity index (χ1v) is 20.2. The van der Waals surface area contributed by atoms with E-state index in [1.54, 1.807) is 19.1 Å². The van der Waals surface area contributed by atoms with Gasteiger partial charge in [0, 0.05) is 11.3 Å². The van der Waals surface area contributed by atoms with Gasteiger partial charge < -0.3 is 13.6 Å². The number of carbonyl (C=O) groups is 1. The van der Waals surface area contributed by atoms with Crippen LogP contribution in [-0.4, -0.2) is 45.6 Å². The first kappa shape index (κ1) is 31.9. The van der Waals surface area contributed by atoms with Gasteiger partial charge in [-0.05, 0) is 72.9 Å². The summed E-state index contributed by atoms with van der Waals surface area (Å²) >= 11 is 0. The maximum atomic E-state index is 13.9. The lowest BCUT2D eigenvalue weighted by Crippen LogP contribution is -2.49. The van der Waals surface area contributed by atoms with Crippen LogP contribution < -0.4 is 0 Å². The Labute approximate surface area is 229 Å². The Morgan fingerprint density at radius 1 is 0.973 bits per heavy atom. The molecule has 0 heterocycles. The van der Waals surface area contributed by atoms with E-state index in [-0.39, 0.29) is 33.8 Å². The first-order valence-electron chi connectivity index (χ1n) is 13.2. The summed E-state index contributed by atoms with van der Waals surface area (Å²) in [5.41, 5.74) is 1.37. The van der Waals surface area contributed by atoms with Gasteiger partial charge in [-0.2, -0.15) is 0 Å². The van der Waals surface area contributed by atoms with Gasteiger partial charge in [0.15, 0.2) is 16.6 Å². The minimum atomic E-state index is -2.18. The summed E-state index contributed by atoms with van der Waals surface area (Å²) in [5.74, 6) is -0.570. The Kier molecular flexibility index (Phi) is 10.2. The van der Waals surface area contributed by atoms with E-state index < -0.39 is 33.4 Å². The lowest BCUT2D eigenvalue weighted by Gasteiger charge is -2.45. The Balaban J connectivity index is 2.68. The minimum absolute atomic E-state index is 0.00121. The molecule has 2 rings (SSSR count). The van der Waals surface area contributed by atoms with Gasteiger partial charge in [0.1, 0.15) is 4.91 Å². The smallest absolute Gasteiger partial charge is 0.347 e. The van der Waals surface area contributed by atoms with Crippen molar-refractivity contribution in [3.8, 4) is 0 Å². The standard InChI is InChI=1S/C29H48O5SSi2/c1-13-32-27(30)26(35(31)23-17-15-14-16-18-23)24-19-22(33-36(9,10)28(3,4)5)20-25(21(24)2)34-37(11,12)29(6,7)8/h14-18,22,25H,2,13,19-20H2,1,3-12H3/b26-24-/t22-,25+,35?/m1/s1. The minimum Gasteiger partial charge on any atom is -0.462 e. The van der Waals surface area contributed by atoms with Gasteiger partial charge in [-0.25, -0.2) is 9.00 Å². The predicted octanol–water partition coefficient (Wildman–Crippen LogP) is 7.74. The Hall–Kier alpha value is -1.33. The second kappa shape index (κ2) is 11.8. The van der Waals surface area contributed by atoms with E-state index >= 15 is 0 Å². The molecule has 3 atom stereocenters. The largest absolute Gasteiger partial charge is 0.462 e. The summed E-state index contributed by atoms with van der Waals surface area (Å²) in [7, 11) is -6.03. The van der Waals surface area contributed by atoms with Gasteiger partial charge in [-0.15, -0.1) is 0 Å². The van der Waals surface area contributed by atoms with E-state index in [9.17, 15) is 9.00 Å². The zero-order valence-electron chi connectivity index (χ0n) is 24.8. The molecule has 5 nitrogen and oxygen atoms in total. The van der Waals surface area contributed by atoms with Crippen LogP contribution in [0.2, 0.25) is 36.3 Å². The molecule has 0 aliphatic heterocycles. The van der Waals surface area contributed by atoms with Crippen LogP contribution in [0.15, 0.2) is 57.9 Å². The van der Waals surface area contributed by atoms with Gasteiger partial charge in [-0.1, -0.05) is 66.3 Å². The van der Waals surface area contributed by atoms with E-state index in [4.69, 9.17) is 13.6 Å². The van der Waals surface area contributed by atoms with E-state index in [2.05, 4.69) is 74.3 Å². The monoisotopic (exact) mass is 564 g/mol. The van der Waals surface area contributed by atoms with Crippen LogP contribution in [0.1, 0.15) is 61.3 Å². The number of esters is 1. The third kappa shape index (κ3) is 7.63. The van der Waals surface area contributed by atoms with Crippen LogP contribution in [0.4, 0.5) is 0 Å². The van der Waals surface area contributed by atoms with Crippen molar-refractivity contribution in [1.82, 2.24) is 0 Å². The molecule has 0 N–H and O–H groups in total. The Bertz CT molecular complexity index is 1030. The summed E-state index contributed by atoms with van der Waals surface area (Å²) in [6.07, 6.45) is 0.621. The highest BCUT2D eigenvalue weighted by Crippen LogP contribution is 2.45. The van der Waals surface area contributed by atoms with E-state index in [1.165, 1.54) is 0 Å². The van der Waals surface area contributed by atoms with Crippen molar-refractivity contribution in [2.24, 2.45) is 0 Å². The number of ether oxygens (including phenoxy) is 1. The highest BCUT2D eigenvalue weighted by atomic mass is 32.2.